The average Bonchev–Trinajstić information content (AvgIpc) is 2.15. The van der Waals surface area contributed by atoms with Crippen LogP contribution in [0.5, 0.6) is 0 Å². The SMILES string of the molecule is Cc1ccc(C(=O)C(C)Br)c(CC(=O)O)c1. The molecule has 1 aromatic carbocycles. The van der Waals surface area contributed by atoms with Gasteiger partial charge in [-0.2, -0.15) is 0 Å². The minimum atomic E-state index is -0.929. The lowest BCUT2D eigenvalue weighted by molar-refractivity contribution is -0.136. The molecular formula is C12H13BrO3. The van der Waals surface area contributed by atoms with E-state index in [1.165, 1.54) is 0 Å². The minimum absolute atomic E-state index is 0.0868. The minimum Gasteiger partial charge on any atom is -0.481 e. The topological polar surface area (TPSA) is 54.4 Å². The molecule has 0 saturated carbocycles. The van der Waals surface area contributed by atoms with Gasteiger partial charge in [-0.15, -0.1) is 0 Å². The summed E-state index contributed by atoms with van der Waals surface area (Å²) in [5, 5.41) is 8.78. The molecule has 0 radical (unpaired) electrons. The van der Waals surface area contributed by atoms with Crippen molar-refractivity contribution in [2.45, 2.75) is 25.1 Å². The standard InChI is InChI=1S/C12H13BrO3/c1-7-3-4-10(12(16)8(2)13)9(5-7)6-11(14)15/h3-5,8H,6H2,1-2H3,(H,14,15). The van der Waals surface area contributed by atoms with Crippen LogP contribution in [0.25, 0.3) is 0 Å². The first-order valence-electron chi connectivity index (χ1n) is 4.91. The van der Waals surface area contributed by atoms with Crippen LogP contribution in [0.15, 0.2) is 18.2 Å². The fourth-order valence-corrected chi connectivity index (χ4v) is 1.73. The summed E-state index contributed by atoms with van der Waals surface area (Å²) < 4.78 is 0. The Kier molecular flexibility index (Phi) is 4.24. The van der Waals surface area contributed by atoms with Crippen molar-refractivity contribution in [1.82, 2.24) is 0 Å². The molecule has 0 amide bonds. The van der Waals surface area contributed by atoms with E-state index in [1.54, 1.807) is 19.1 Å². The zero-order valence-electron chi connectivity index (χ0n) is 9.16. The van der Waals surface area contributed by atoms with E-state index in [0.717, 1.165) is 5.56 Å². The smallest absolute Gasteiger partial charge is 0.307 e. The highest BCUT2D eigenvalue weighted by molar-refractivity contribution is 9.10. The Labute approximate surface area is 103 Å². The molecule has 1 rings (SSSR count). The number of carbonyl (C=O) groups is 2. The van der Waals surface area contributed by atoms with Gasteiger partial charge in [0.2, 0.25) is 0 Å². The van der Waals surface area contributed by atoms with Gasteiger partial charge in [0.15, 0.2) is 5.78 Å². The van der Waals surface area contributed by atoms with Gasteiger partial charge >= 0.3 is 5.97 Å². The predicted molar refractivity (Wildman–Crippen MR) is 65.2 cm³/mol. The van der Waals surface area contributed by atoms with E-state index in [-0.39, 0.29) is 17.0 Å². The van der Waals surface area contributed by atoms with E-state index in [9.17, 15) is 9.59 Å². The lowest BCUT2D eigenvalue weighted by Gasteiger charge is -2.09. The molecule has 0 saturated heterocycles. The molecule has 0 aliphatic heterocycles. The maximum Gasteiger partial charge on any atom is 0.307 e. The summed E-state index contributed by atoms with van der Waals surface area (Å²) >= 11 is 3.20. The van der Waals surface area contributed by atoms with Gasteiger partial charge in [-0.25, -0.2) is 0 Å². The van der Waals surface area contributed by atoms with E-state index in [0.29, 0.717) is 11.1 Å². The normalized spacial score (nSPS) is 12.2. The zero-order valence-corrected chi connectivity index (χ0v) is 10.7. The molecule has 0 spiro atoms. The molecule has 0 aliphatic rings. The molecule has 0 aromatic heterocycles. The molecule has 1 unspecified atom stereocenters. The number of hydrogen-bond acceptors (Lipinski definition) is 2. The van der Waals surface area contributed by atoms with E-state index in [1.807, 2.05) is 13.0 Å². The summed E-state index contributed by atoms with van der Waals surface area (Å²) in [6, 6.07) is 5.25. The monoisotopic (exact) mass is 284 g/mol. The van der Waals surface area contributed by atoms with Gasteiger partial charge in [0.25, 0.3) is 0 Å². The number of halogens is 1. The van der Waals surface area contributed by atoms with Crippen molar-refractivity contribution < 1.29 is 14.7 Å². The van der Waals surface area contributed by atoms with Crippen LogP contribution >= 0.6 is 15.9 Å². The highest BCUT2D eigenvalue weighted by Crippen LogP contribution is 2.17. The number of alkyl halides is 1. The number of ketones is 1. The van der Waals surface area contributed by atoms with Gasteiger partial charge < -0.3 is 5.11 Å². The summed E-state index contributed by atoms with van der Waals surface area (Å²) in [5.74, 6) is -1.02. The molecule has 1 aromatic rings. The number of benzene rings is 1. The number of Topliss-reactive ketones (excluding diaryl/α,β-unsaturated/α-hetero) is 1. The van der Waals surface area contributed by atoms with Gasteiger partial charge in [0.05, 0.1) is 11.2 Å². The fraction of sp³-hybridized carbons (Fsp3) is 0.333. The van der Waals surface area contributed by atoms with Crippen molar-refractivity contribution >= 4 is 27.7 Å². The Morgan fingerprint density at radius 1 is 1.44 bits per heavy atom. The number of rotatable bonds is 4. The number of aliphatic carboxylic acids is 1. The van der Waals surface area contributed by atoms with Crippen LogP contribution in [-0.2, 0) is 11.2 Å². The Morgan fingerprint density at radius 3 is 2.56 bits per heavy atom. The summed E-state index contributed by atoms with van der Waals surface area (Å²) in [4.78, 5) is 22.2. The van der Waals surface area contributed by atoms with Crippen molar-refractivity contribution in [2.75, 3.05) is 0 Å². The predicted octanol–water partition coefficient (Wildman–Crippen LogP) is 2.59. The molecule has 0 bridgehead atoms. The summed E-state index contributed by atoms with van der Waals surface area (Å²) in [6.45, 7) is 3.60. The molecular weight excluding hydrogens is 272 g/mol. The quantitative estimate of drug-likeness (QED) is 0.683. The van der Waals surface area contributed by atoms with Gasteiger partial charge in [-0.3, -0.25) is 9.59 Å². The molecule has 86 valence electrons. The first-order valence-corrected chi connectivity index (χ1v) is 5.83. The van der Waals surface area contributed by atoms with Crippen LogP contribution in [0.3, 0.4) is 0 Å². The largest absolute Gasteiger partial charge is 0.481 e. The van der Waals surface area contributed by atoms with Crippen LogP contribution < -0.4 is 0 Å². The number of carbonyl (C=O) groups excluding carboxylic acids is 1. The van der Waals surface area contributed by atoms with E-state index in [2.05, 4.69) is 15.9 Å². The molecule has 0 heterocycles. The Balaban J connectivity index is 3.17. The van der Waals surface area contributed by atoms with Crippen molar-refractivity contribution in [3.8, 4) is 0 Å². The molecule has 1 N–H and O–H groups in total. The second-order valence-electron chi connectivity index (χ2n) is 3.71. The molecule has 1 atom stereocenters. The number of carboxylic acid groups (broad SMARTS) is 1. The number of aryl methyl sites for hydroxylation is 1. The third kappa shape index (κ3) is 3.17. The molecule has 4 heteroatoms. The highest BCUT2D eigenvalue weighted by atomic mass is 79.9. The lowest BCUT2D eigenvalue weighted by Crippen LogP contribution is -2.14. The second-order valence-corrected chi connectivity index (χ2v) is 5.08. The first-order chi connectivity index (χ1) is 7.41. The maximum atomic E-state index is 11.8. The number of carboxylic acids is 1. The van der Waals surface area contributed by atoms with Crippen molar-refractivity contribution in [1.29, 1.82) is 0 Å². The Hall–Kier alpha value is -1.16. The van der Waals surface area contributed by atoms with Crippen molar-refractivity contribution in [3.05, 3.63) is 34.9 Å². The third-order valence-corrected chi connectivity index (χ3v) is 2.64. The summed E-state index contributed by atoms with van der Waals surface area (Å²) in [6.07, 6.45) is -0.123. The van der Waals surface area contributed by atoms with Crippen molar-refractivity contribution in [2.24, 2.45) is 0 Å². The van der Waals surface area contributed by atoms with E-state index < -0.39 is 5.97 Å². The van der Waals surface area contributed by atoms with Crippen LogP contribution in [-0.4, -0.2) is 21.7 Å². The molecule has 3 nitrogen and oxygen atoms in total. The van der Waals surface area contributed by atoms with Crippen LogP contribution in [0.1, 0.15) is 28.4 Å². The maximum absolute atomic E-state index is 11.8. The zero-order chi connectivity index (χ0) is 12.3. The van der Waals surface area contributed by atoms with Crippen LogP contribution in [0.2, 0.25) is 0 Å². The van der Waals surface area contributed by atoms with Gasteiger partial charge in [0, 0.05) is 5.56 Å². The number of hydrogen-bond donors (Lipinski definition) is 1. The van der Waals surface area contributed by atoms with Crippen LogP contribution in [0.4, 0.5) is 0 Å². The van der Waals surface area contributed by atoms with E-state index in [4.69, 9.17) is 5.11 Å². The van der Waals surface area contributed by atoms with Gasteiger partial charge in [-0.1, -0.05) is 39.7 Å². The highest BCUT2D eigenvalue weighted by Gasteiger charge is 2.17. The third-order valence-electron chi connectivity index (χ3n) is 2.23. The first kappa shape index (κ1) is 12.9. The van der Waals surface area contributed by atoms with Crippen LogP contribution in [0, 0.1) is 6.92 Å². The Bertz CT molecular complexity index is 424. The fourth-order valence-electron chi connectivity index (χ4n) is 1.49. The molecule has 0 fully saturated rings. The van der Waals surface area contributed by atoms with Gasteiger partial charge in [-0.05, 0) is 19.4 Å². The van der Waals surface area contributed by atoms with Gasteiger partial charge in [0.1, 0.15) is 0 Å². The second kappa shape index (κ2) is 5.25. The molecule has 0 aliphatic carbocycles. The Morgan fingerprint density at radius 2 is 2.06 bits per heavy atom. The average molecular weight is 285 g/mol. The summed E-state index contributed by atoms with van der Waals surface area (Å²) in [5.41, 5.74) is 2.01. The lowest BCUT2D eigenvalue weighted by atomic mass is 9.97. The summed E-state index contributed by atoms with van der Waals surface area (Å²) in [7, 11) is 0. The molecule has 16 heavy (non-hydrogen) atoms. The van der Waals surface area contributed by atoms with Crippen molar-refractivity contribution in [3.63, 3.8) is 0 Å². The van der Waals surface area contributed by atoms with E-state index >= 15 is 0 Å².